The van der Waals surface area contributed by atoms with Crippen molar-refractivity contribution in [3.8, 4) is 0 Å². The van der Waals surface area contributed by atoms with Crippen LogP contribution in [0.25, 0.3) is 0 Å². The highest BCUT2D eigenvalue weighted by atomic mass is 16.5. The second-order valence-electron chi connectivity index (χ2n) is 7.97. The predicted octanol–water partition coefficient (Wildman–Crippen LogP) is 2.47. The Bertz CT molecular complexity index is 582. The maximum absolute atomic E-state index is 12.6. The van der Waals surface area contributed by atoms with Gasteiger partial charge in [-0.25, -0.2) is 0 Å². The Labute approximate surface area is 157 Å². The molecule has 0 unspecified atom stereocenters. The average molecular weight is 363 g/mol. The molecule has 2 aliphatic rings. The zero-order valence-electron chi connectivity index (χ0n) is 16.6. The summed E-state index contributed by atoms with van der Waals surface area (Å²) >= 11 is 0. The van der Waals surface area contributed by atoms with Crippen LogP contribution in [0.15, 0.2) is 12.4 Å². The van der Waals surface area contributed by atoms with Gasteiger partial charge in [0.1, 0.15) is 0 Å². The molecule has 2 fully saturated rings. The summed E-state index contributed by atoms with van der Waals surface area (Å²) in [4.78, 5) is 17.1. The van der Waals surface area contributed by atoms with Crippen molar-refractivity contribution >= 4 is 5.91 Å². The third-order valence-corrected chi connectivity index (χ3v) is 6.06. The molecule has 2 aliphatic heterocycles. The molecule has 3 rings (SSSR count). The lowest BCUT2D eigenvalue weighted by atomic mass is 9.85. The molecule has 2 saturated heterocycles. The van der Waals surface area contributed by atoms with E-state index in [4.69, 9.17) is 4.74 Å². The molecule has 0 radical (unpaired) electrons. The van der Waals surface area contributed by atoms with Crippen LogP contribution in [0.5, 0.6) is 0 Å². The fourth-order valence-corrected chi connectivity index (χ4v) is 4.56. The third kappa shape index (κ3) is 4.65. The maximum Gasteiger partial charge on any atom is 0.222 e. The number of likely N-dealkylation sites (tertiary alicyclic amines) is 1. The standard InChI is InChI=1S/C20H34N4O2/c1-4-24-10-5-6-17(20(24)18-12-21-23(3)14-18)13-22(2)19(25)8-7-16-9-11-26-15-16/h12,14,16-17,20H,4-11,13,15H2,1-3H3/t16-,17+,20-/m1/s1. The minimum absolute atomic E-state index is 0.274. The van der Waals surface area contributed by atoms with Gasteiger partial charge in [0, 0.05) is 58.1 Å². The lowest BCUT2D eigenvalue weighted by molar-refractivity contribution is -0.131. The third-order valence-electron chi connectivity index (χ3n) is 6.06. The van der Waals surface area contributed by atoms with Crippen LogP contribution in [0, 0.1) is 11.8 Å². The van der Waals surface area contributed by atoms with E-state index >= 15 is 0 Å². The van der Waals surface area contributed by atoms with Crippen LogP contribution in [-0.4, -0.2) is 65.4 Å². The molecule has 0 saturated carbocycles. The number of carbonyl (C=O) groups is 1. The summed E-state index contributed by atoms with van der Waals surface area (Å²) in [6.07, 6.45) is 9.21. The van der Waals surface area contributed by atoms with Gasteiger partial charge in [-0.2, -0.15) is 5.10 Å². The maximum atomic E-state index is 12.6. The lowest BCUT2D eigenvalue weighted by Gasteiger charge is -2.42. The van der Waals surface area contributed by atoms with Crippen LogP contribution in [0.2, 0.25) is 0 Å². The molecule has 3 atom stereocenters. The van der Waals surface area contributed by atoms with Crippen molar-refractivity contribution in [2.24, 2.45) is 18.9 Å². The van der Waals surface area contributed by atoms with Crippen LogP contribution < -0.4 is 0 Å². The molecule has 0 aliphatic carbocycles. The molecule has 26 heavy (non-hydrogen) atoms. The highest BCUT2D eigenvalue weighted by Crippen LogP contribution is 2.36. The van der Waals surface area contributed by atoms with E-state index in [0.717, 1.165) is 45.7 Å². The largest absolute Gasteiger partial charge is 0.381 e. The number of aromatic nitrogens is 2. The molecule has 6 nitrogen and oxygen atoms in total. The van der Waals surface area contributed by atoms with Crippen molar-refractivity contribution in [3.05, 3.63) is 18.0 Å². The first kappa shape index (κ1) is 19.4. The first-order chi connectivity index (χ1) is 12.6. The quantitative estimate of drug-likeness (QED) is 0.748. The fraction of sp³-hybridized carbons (Fsp3) is 0.800. The fourth-order valence-electron chi connectivity index (χ4n) is 4.56. The van der Waals surface area contributed by atoms with Gasteiger partial charge in [-0.1, -0.05) is 6.92 Å². The number of rotatable bonds is 7. The van der Waals surface area contributed by atoms with E-state index in [0.29, 0.717) is 24.3 Å². The Morgan fingerprint density at radius 2 is 2.27 bits per heavy atom. The van der Waals surface area contributed by atoms with Gasteiger partial charge in [0.15, 0.2) is 0 Å². The number of nitrogens with zero attached hydrogens (tertiary/aromatic N) is 4. The number of hydrogen-bond donors (Lipinski definition) is 0. The van der Waals surface area contributed by atoms with Crippen molar-refractivity contribution in [3.63, 3.8) is 0 Å². The van der Waals surface area contributed by atoms with E-state index < -0.39 is 0 Å². The van der Waals surface area contributed by atoms with Gasteiger partial charge in [0.2, 0.25) is 5.91 Å². The van der Waals surface area contributed by atoms with Gasteiger partial charge in [-0.05, 0) is 50.6 Å². The van der Waals surface area contributed by atoms with Gasteiger partial charge in [0.05, 0.1) is 6.20 Å². The van der Waals surface area contributed by atoms with E-state index in [1.807, 2.05) is 29.9 Å². The Kier molecular flexibility index (Phi) is 6.70. The van der Waals surface area contributed by atoms with Crippen molar-refractivity contribution in [1.82, 2.24) is 19.6 Å². The number of aryl methyl sites for hydroxylation is 1. The molecule has 1 aromatic rings. The summed E-state index contributed by atoms with van der Waals surface area (Å²) in [6, 6.07) is 0.362. The van der Waals surface area contributed by atoms with Crippen molar-refractivity contribution in [1.29, 1.82) is 0 Å². The predicted molar refractivity (Wildman–Crippen MR) is 102 cm³/mol. The molecule has 6 heteroatoms. The molecular formula is C20H34N4O2. The summed E-state index contributed by atoms with van der Waals surface area (Å²) in [5, 5.41) is 4.38. The highest BCUT2D eigenvalue weighted by Gasteiger charge is 2.34. The van der Waals surface area contributed by atoms with Gasteiger partial charge in [0.25, 0.3) is 0 Å². The molecule has 0 N–H and O–H groups in total. The van der Waals surface area contributed by atoms with Gasteiger partial charge >= 0.3 is 0 Å². The van der Waals surface area contributed by atoms with E-state index in [-0.39, 0.29) is 5.91 Å². The van der Waals surface area contributed by atoms with Gasteiger partial charge < -0.3 is 9.64 Å². The first-order valence-electron chi connectivity index (χ1n) is 10.1. The van der Waals surface area contributed by atoms with Crippen LogP contribution in [0.4, 0.5) is 0 Å². The zero-order valence-corrected chi connectivity index (χ0v) is 16.6. The summed E-state index contributed by atoms with van der Waals surface area (Å²) in [5.74, 6) is 1.31. The van der Waals surface area contributed by atoms with E-state index in [2.05, 4.69) is 23.1 Å². The lowest BCUT2D eigenvalue weighted by Crippen LogP contribution is -2.43. The second-order valence-corrected chi connectivity index (χ2v) is 7.97. The Hall–Kier alpha value is -1.40. The van der Waals surface area contributed by atoms with Crippen LogP contribution >= 0.6 is 0 Å². The second kappa shape index (κ2) is 9.00. The van der Waals surface area contributed by atoms with Crippen molar-refractivity contribution < 1.29 is 9.53 Å². The molecule has 146 valence electrons. The molecule has 3 heterocycles. The number of carbonyl (C=O) groups excluding carboxylic acids is 1. The Morgan fingerprint density at radius 3 is 2.92 bits per heavy atom. The summed E-state index contributed by atoms with van der Waals surface area (Å²) in [6.45, 7) is 6.91. The Morgan fingerprint density at radius 1 is 1.42 bits per heavy atom. The van der Waals surface area contributed by atoms with E-state index in [9.17, 15) is 4.79 Å². The van der Waals surface area contributed by atoms with Crippen molar-refractivity contribution in [2.75, 3.05) is 39.9 Å². The first-order valence-corrected chi connectivity index (χ1v) is 10.1. The van der Waals surface area contributed by atoms with Crippen LogP contribution in [0.1, 0.15) is 50.6 Å². The highest BCUT2D eigenvalue weighted by molar-refractivity contribution is 5.75. The number of piperidine rings is 1. The van der Waals surface area contributed by atoms with E-state index in [1.165, 1.54) is 18.4 Å². The number of hydrogen-bond acceptors (Lipinski definition) is 4. The summed E-state index contributed by atoms with van der Waals surface area (Å²) < 4.78 is 7.30. The number of ether oxygens (including phenoxy) is 1. The molecular weight excluding hydrogens is 328 g/mol. The monoisotopic (exact) mass is 362 g/mol. The zero-order chi connectivity index (χ0) is 18.5. The molecule has 0 aromatic carbocycles. The van der Waals surface area contributed by atoms with Crippen molar-refractivity contribution in [2.45, 2.75) is 45.1 Å². The number of amides is 1. The topological polar surface area (TPSA) is 50.6 Å². The SMILES string of the molecule is CCN1CCC[C@@H](CN(C)C(=O)CC[C@@H]2CCOC2)[C@@H]1c1cnn(C)c1. The van der Waals surface area contributed by atoms with E-state index in [1.54, 1.807) is 0 Å². The van der Waals surface area contributed by atoms with Gasteiger partial charge in [-0.15, -0.1) is 0 Å². The molecule has 0 bridgehead atoms. The van der Waals surface area contributed by atoms with Crippen LogP contribution in [0.3, 0.4) is 0 Å². The molecule has 1 amide bonds. The van der Waals surface area contributed by atoms with Crippen LogP contribution in [-0.2, 0) is 16.6 Å². The summed E-state index contributed by atoms with van der Waals surface area (Å²) in [5.41, 5.74) is 1.28. The average Bonchev–Trinajstić information content (AvgIpc) is 3.30. The Balaban J connectivity index is 1.60. The minimum Gasteiger partial charge on any atom is -0.381 e. The minimum atomic E-state index is 0.274. The summed E-state index contributed by atoms with van der Waals surface area (Å²) in [7, 11) is 3.94. The normalized spacial score (nSPS) is 27.0. The smallest absolute Gasteiger partial charge is 0.222 e. The molecule has 0 spiro atoms. The molecule has 1 aromatic heterocycles. The van der Waals surface area contributed by atoms with Gasteiger partial charge in [-0.3, -0.25) is 14.4 Å².